The van der Waals surface area contributed by atoms with Gasteiger partial charge in [0, 0.05) is 86.4 Å². The van der Waals surface area contributed by atoms with Crippen LogP contribution in [0.4, 0.5) is 0 Å². The molecular formula is C53H86N2O17. The van der Waals surface area contributed by atoms with Crippen molar-refractivity contribution in [3.63, 3.8) is 0 Å². The second kappa shape index (κ2) is 28.8. The van der Waals surface area contributed by atoms with Crippen LogP contribution in [0.3, 0.4) is 0 Å². The first-order valence-electron chi connectivity index (χ1n) is 25.7. The van der Waals surface area contributed by atoms with Gasteiger partial charge in [0.2, 0.25) is 0 Å². The molecule has 0 radical (unpaired) electrons. The largest absolute Gasteiger partial charge is 0.463 e. The van der Waals surface area contributed by atoms with Crippen LogP contribution in [0, 0.1) is 17.8 Å². The third kappa shape index (κ3) is 17.1. The first-order valence-corrected chi connectivity index (χ1v) is 25.7. The van der Waals surface area contributed by atoms with E-state index < -0.39 is 127 Å². The zero-order valence-corrected chi connectivity index (χ0v) is 45.3. The van der Waals surface area contributed by atoms with Crippen LogP contribution in [-0.4, -0.2) is 185 Å². The molecule has 4 rings (SSSR count). The Morgan fingerprint density at radius 1 is 0.875 bits per heavy atom. The highest BCUT2D eigenvalue weighted by molar-refractivity contribution is 5.73. The van der Waals surface area contributed by atoms with Gasteiger partial charge < -0.3 is 62.1 Å². The van der Waals surface area contributed by atoms with Gasteiger partial charge >= 0.3 is 29.8 Å². The highest BCUT2D eigenvalue weighted by Gasteiger charge is 2.56. The van der Waals surface area contributed by atoms with Crippen LogP contribution in [0.5, 0.6) is 0 Å². The van der Waals surface area contributed by atoms with E-state index in [2.05, 4.69) is 17.0 Å². The zero-order valence-electron chi connectivity index (χ0n) is 45.3. The van der Waals surface area contributed by atoms with E-state index in [0.29, 0.717) is 32.5 Å². The van der Waals surface area contributed by atoms with Crippen molar-refractivity contribution in [2.45, 2.75) is 199 Å². The second-order valence-electron chi connectivity index (χ2n) is 20.2. The summed E-state index contributed by atoms with van der Waals surface area (Å²) in [6.45, 7) is 16.5. The Morgan fingerprint density at radius 3 is 2.11 bits per heavy atom. The number of ether oxygens (including phenoxy) is 11. The summed E-state index contributed by atoms with van der Waals surface area (Å²) in [5.41, 5.74) is -0.191. The number of aliphatic hydroxyl groups excluding tert-OH is 1. The summed E-state index contributed by atoms with van der Waals surface area (Å²) in [5, 5.41) is 13.0. The molecule has 19 nitrogen and oxygen atoms in total. The van der Waals surface area contributed by atoms with Crippen LogP contribution >= 0.6 is 0 Å². The van der Waals surface area contributed by atoms with E-state index in [-0.39, 0.29) is 38.0 Å². The van der Waals surface area contributed by atoms with E-state index in [1.807, 2.05) is 43.9 Å². The highest BCUT2D eigenvalue weighted by Crippen LogP contribution is 2.44. The van der Waals surface area contributed by atoms with Crippen LogP contribution < -0.4 is 0 Å². The molecule has 1 aromatic rings. The number of carbonyl (C=O) groups is 5. The molecule has 0 aromatic heterocycles. The predicted octanol–water partition coefficient (Wildman–Crippen LogP) is 5.03. The topological polar surface area (TPSA) is 214 Å². The number of rotatable bonds is 18. The lowest BCUT2D eigenvalue weighted by Gasteiger charge is -2.53. The number of esters is 5. The summed E-state index contributed by atoms with van der Waals surface area (Å²) in [4.78, 5) is 69.6. The van der Waals surface area contributed by atoms with E-state index in [4.69, 9.17) is 52.1 Å². The van der Waals surface area contributed by atoms with Crippen molar-refractivity contribution < 1.29 is 81.2 Å². The van der Waals surface area contributed by atoms with E-state index in [0.717, 1.165) is 12.0 Å². The van der Waals surface area contributed by atoms with Crippen molar-refractivity contribution in [2.75, 3.05) is 55.1 Å². The lowest BCUT2D eigenvalue weighted by molar-refractivity contribution is -0.320. The Kier molecular flexibility index (Phi) is 24.3. The van der Waals surface area contributed by atoms with Gasteiger partial charge in [0.15, 0.2) is 24.3 Å². The van der Waals surface area contributed by atoms with Crippen molar-refractivity contribution in [3.8, 4) is 0 Å². The molecule has 410 valence electrons. The number of methoxy groups -OCH3 is 3. The Balaban J connectivity index is 1.86. The van der Waals surface area contributed by atoms with Gasteiger partial charge in [-0.1, -0.05) is 51.1 Å². The SMILES string of the molecule is CCC(=O)O[C@@H]1CC(=O)O[C@H](C)CCN(CCc2ccccc2)C[C@H](OC(C)=O)[C@H](C)C[C@H](CC(OC)OC)[C@H]([C@@H]2O[C@H](C)[C@@H](O[C@@H]3C[C@@](C)(OC(C)=O)[C@@H](OC(=O)CC)[C@H](C)O3)[C@H](N(C)C)[C@H]2O)[C@@H]1OC. The normalized spacial score (nSPS) is 34.6. The van der Waals surface area contributed by atoms with E-state index in [1.165, 1.54) is 35.2 Å². The first-order chi connectivity index (χ1) is 34.1. The lowest BCUT2D eigenvalue weighted by atomic mass is 9.70. The molecule has 0 aliphatic carbocycles. The molecule has 3 aliphatic rings. The van der Waals surface area contributed by atoms with Gasteiger partial charge in [-0.25, -0.2) is 0 Å². The molecule has 3 heterocycles. The van der Waals surface area contributed by atoms with Crippen molar-refractivity contribution in [1.82, 2.24) is 9.80 Å². The summed E-state index contributed by atoms with van der Waals surface area (Å²) in [6.07, 6.45) is -9.58. The van der Waals surface area contributed by atoms with Gasteiger partial charge in [0.05, 0.1) is 36.9 Å². The highest BCUT2D eigenvalue weighted by atomic mass is 16.7. The Hall–Kier alpha value is -3.79. The van der Waals surface area contributed by atoms with Crippen LogP contribution in [-0.2, 0) is 82.5 Å². The van der Waals surface area contributed by atoms with Gasteiger partial charge in [-0.05, 0) is 78.5 Å². The maximum atomic E-state index is 14.1. The van der Waals surface area contributed by atoms with Crippen molar-refractivity contribution in [3.05, 3.63) is 35.9 Å². The number of nitrogens with zero attached hydrogens (tertiary/aromatic N) is 2. The van der Waals surface area contributed by atoms with Crippen molar-refractivity contribution in [1.29, 1.82) is 0 Å². The lowest BCUT2D eigenvalue weighted by Crippen LogP contribution is -2.67. The minimum Gasteiger partial charge on any atom is -0.463 e. The number of likely N-dealkylation sites (N-methyl/N-ethyl adjacent to an activating group) is 1. The van der Waals surface area contributed by atoms with E-state index in [1.54, 1.807) is 41.8 Å². The van der Waals surface area contributed by atoms with Gasteiger partial charge in [0.1, 0.15) is 30.5 Å². The molecule has 3 fully saturated rings. The Morgan fingerprint density at radius 2 is 1.53 bits per heavy atom. The van der Waals surface area contributed by atoms with Crippen molar-refractivity contribution in [2.24, 2.45) is 17.8 Å². The van der Waals surface area contributed by atoms with Gasteiger partial charge in [-0.2, -0.15) is 0 Å². The summed E-state index contributed by atoms with van der Waals surface area (Å²) in [6, 6.07) is 9.30. The van der Waals surface area contributed by atoms with E-state index in [9.17, 15) is 29.1 Å². The van der Waals surface area contributed by atoms with Crippen LogP contribution in [0.1, 0.15) is 113 Å². The minimum absolute atomic E-state index is 0.00324. The van der Waals surface area contributed by atoms with Crippen LogP contribution in [0.2, 0.25) is 0 Å². The average Bonchev–Trinajstić information content (AvgIpc) is 3.31. The molecule has 3 saturated heterocycles. The average molecular weight is 1020 g/mol. The molecular weight excluding hydrogens is 937 g/mol. The summed E-state index contributed by atoms with van der Waals surface area (Å²) in [7, 11) is 8.12. The molecule has 19 heteroatoms. The molecule has 0 amide bonds. The Labute approximate surface area is 427 Å². The van der Waals surface area contributed by atoms with Crippen LogP contribution in [0.15, 0.2) is 30.3 Å². The Bertz CT molecular complexity index is 1850. The van der Waals surface area contributed by atoms with Crippen LogP contribution in [0.25, 0.3) is 0 Å². The fraction of sp³-hybridized carbons (Fsp3) is 0.792. The predicted molar refractivity (Wildman–Crippen MR) is 263 cm³/mol. The number of carbonyl (C=O) groups excluding carboxylic acids is 5. The monoisotopic (exact) mass is 1020 g/mol. The summed E-state index contributed by atoms with van der Waals surface area (Å²) >= 11 is 0. The fourth-order valence-electron chi connectivity index (χ4n) is 10.8. The minimum atomic E-state index is -1.35. The molecule has 72 heavy (non-hydrogen) atoms. The summed E-state index contributed by atoms with van der Waals surface area (Å²) in [5.74, 6) is -4.46. The standard InChI is InChI=1S/C53H86N2O17/c1-15-41(58)69-39-28-43(60)65-32(4)22-24-55(25-23-37-20-18-17-19-21-37)30-40(68-35(7)56)31(3)26-38(27-44(62-12)63-13)46(50(39)64-14)51-48(61)47(54(10)11)49(33(5)67-51)71-45-29-53(9,72-36(8)57)52(34(6)66-45)70-42(59)16-2/h17-21,31-34,38-40,44-52,61H,15-16,22-30H2,1-14H3/t31-,32-,33-,34+,38-,39-,40+,45-,46+,47-,48-,49-,50-,51+,52+,53-/m1/s1. The number of hydrogen-bond donors (Lipinski definition) is 1. The fourth-order valence-corrected chi connectivity index (χ4v) is 10.8. The number of cyclic esters (lactones) is 1. The molecule has 0 spiro atoms. The maximum Gasteiger partial charge on any atom is 0.309 e. The van der Waals surface area contributed by atoms with Crippen molar-refractivity contribution >= 4 is 29.8 Å². The number of aliphatic hydroxyl groups is 1. The summed E-state index contributed by atoms with van der Waals surface area (Å²) < 4.78 is 68.3. The number of benzene rings is 1. The quantitative estimate of drug-likeness (QED) is 0.116. The van der Waals surface area contributed by atoms with Gasteiger partial charge in [0.25, 0.3) is 0 Å². The molecule has 1 aromatic carbocycles. The third-order valence-corrected chi connectivity index (χ3v) is 14.4. The molecule has 0 bridgehead atoms. The van der Waals surface area contributed by atoms with E-state index >= 15 is 0 Å². The first kappa shape index (κ1) is 60.8. The van der Waals surface area contributed by atoms with Gasteiger partial charge in [-0.15, -0.1) is 0 Å². The molecule has 1 N–H and O–H groups in total. The molecule has 0 saturated carbocycles. The molecule has 0 unspecified atom stereocenters. The smallest absolute Gasteiger partial charge is 0.309 e. The molecule has 3 aliphatic heterocycles. The molecule has 16 atom stereocenters. The third-order valence-electron chi connectivity index (χ3n) is 14.4. The number of hydrogen-bond acceptors (Lipinski definition) is 19. The van der Waals surface area contributed by atoms with Gasteiger partial charge in [-0.3, -0.25) is 28.9 Å². The zero-order chi connectivity index (χ0) is 53.4. The second-order valence-corrected chi connectivity index (χ2v) is 20.2. The maximum absolute atomic E-state index is 14.1.